The molecule has 2 N–H and O–H groups in total. The van der Waals surface area contributed by atoms with Gasteiger partial charge in [0.25, 0.3) is 5.91 Å². The highest BCUT2D eigenvalue weighted by molar-refractivity contribution is 6.31. The van der Waals surface area contributed by atoms with Gasteiger partial charge in [-0.3, -0.25) is 14.4 Å². The minimum Gasteiger partial charge on any atom is -0.461 e. The van der Waals surface area contributed by atoms with Crippen LogP contribution in [-0.4, -0.2) is 87.5 Å². The van der Waals surface area contributed by atoms with E-state index in [-0.39, 0.29) is 29.8 Å². The molecule has 0 radical (unpaired) electrons. The van der Waals surface area contributed by atoms with Crippen molar-refractivity contribution in [3.05, 3.63) is 56.7 Å². The summed E-state index contributed by atoms with van der Waals surface area (Å²) in [7, 11) is 3.42. The fraction of sp³-hybridized carbons (Fsp3) is 0.588. The minimum absolute atomic E-state index is 0.00165. The molecule has 4 aliphatic heterocycles. The maximum Gasteiger partial charge on any atom is 0.318 e. The second-order valence-electron chi connectivity index (χ2n) is 14.3. The van der Waals surface area contributed by atoms with Crippen molar-refractivity contribution < 1.29 is 23.0 Å². The van der Waals surface area contributed by atoms with Gasteiger partial charge in [0.1, 0.15) is 24.2 Å². The third-order valence-corrected chi connectivity index (χ3v) is 11.3. The molecular formula is C34H41ClF2N8O3. The molecular weight excluding hydrogens is 642 g/mol. The number of nitrogens with zero attached hydrogens (tertiary/aromatic N) is 7. The number of anilines is 2. The lowest BCUT2D eigenvalue weighted by Gasteiger charge is -2.43. The van der Waals surface area contributed by atoms with Crippen molar-refractivity contribution in [1.82, 2.24) is 29.5 Å². The van der Waals surface area contributed by atoms with Crippen LogP contribution in [0.2, 0.25) is 5.02 Å². The highest BCUT2D eigenvalue weighted by Gasteiger charge is 2.50. The molecule has 48 heavy (non-hydrogen) atoms. The van der Waals surface area contributed by atoms with E-state index in [0.717, 1.165) is 54.7 Å². The van der Waals surface area contributed by atoms with E-state index in [4.69, 9.17) is 36.8 Å². The van der Waals surface area contributed by atoms with Gasteiger partial charge in [-0.15, -0.1) is 0 Å². The lowest BCUT2D eigenvalue weighted by molar-refractivity contribution is -0.0876. The van der Waals surface area contributed by atoms with Crippen molar-refractivity contribution >= 4 is 29.0 Å². The summed E-state index contributed by atoms with van der Waals surface area (Å²) < 4.78 is 45.4. The second-order valence-corrected chi connectivity index (χ2v) is 14.7. The van der Waals surface area contributed by atoms with Gasteiger partial charge in [0.15, 0.2) is 11.5 Å². The van der Waals surface area contributed by atoms with Crippen molar-refractivity contribution in [3.8, 4) is 6.01 Å². The summed E-state index contributed by atoms with van der Waals surface area (Å²) in [6, 6.07) is 3.54. The smallest absolute Gasteiger partial charge is 0.318 e. The fourth-order valence-corrected chi connectivity index (χ4v) is 8.98. The number of aromatic nitrogens is 4. The Balaban J connectivity index is 1.18. The predicted octanol–water partition coefficient (Wildman–Crippen LogP) is 4.42. The van der Waals surface area contributed by atoms with E-state index >= 15 is 4.39 Å². The van der Waals surface area contributed by atoms with E-state index in [0.29, 0.717) is 80.6 Å². The number of hydrogen-bond acceptors (Lipinski definition) is 9. The SMILES string of the molecule is CN(C)C(=O)c1cc2n(n1)CCCN(c1nc(OC[C@@]34CCCN3C[C@H](F)C4)nc3c1COC1(CCCc4c(Cl)cc(N)c(F)c41)C3)C2. The van der Waals surface area contributed by atoms with E-state index in [9.17, 15) is 9.18 Å². The largest absolute Gasteiger partial charge is 0.461 e. The van der Waals surface area contributed by atoms with Crippen LogP contribution < -0.4 is 15.4 Å². The summed E-state index contributed by atoms with van der Waals surface area (Å²) in [5, 5.41) is 5.05. The van der Waals surface area contributed by atoms with Crippen molar-refractivity contribution in [2.24, 2.45) is 0 Å². The molecule has 0 bridgehead atoms. The maximum atomic E-state index is 15.9. The third-order valence-electron chi connectivity index (χ3n) is 11.0. The summed E-state index contributed by atoms with van der Waals surface area (Å²) in [5.41, 5.74) is 8.72. The Morgan fingerprint density at radius 3 is 2.85 bits per heavy atom. The summed E-state index contributed by atoms with van der Waals surface area (Å²) in [6.07, 6.45) is 4.51. The van der Waals surface area contributed by atoms with Gasteiger partial charge in [-0.1, -0.05) is 11.6 Å². The molecule has 8 rings (SSSR count). The summed E-state index contributed by atoms with van der Waals surface area (Å²) in [6.45, 7) is 3.54. The Morgan fingerprint density at radius 2 is 2.02 bits per heavy atom. The van der Waals surface area contributed by atoms with E-state index in [2.05, 4.69) is 14.9 Å². The number of carbonyl (C=O) groups is 1. The Hall–Kier alpha value is -3.55. The Labute approximate surface area is 283 Å². The van der Waals surface area contributed by atoms with Crippen molar-refractivity contribution in [2.75, 3.05) is 51.0 Å². The molecule has 0 saturated carbocycles. The van der Waals surface area contributed by atoms with Gasteiger partial charge in [0.05, 0.1) is 35.8 Å². The van der Waals surface area contributed by atoms with Crippen LogP contribution in [0.3, 0.4) is 0 Å². The van der Waals surface area contributed by atoms with Crippen molar-refractivity contribution in [3.63, 3.8) is 0 Å². The molecule has 256 valence electrons. The molecule has 14 heteroatoms. The molecule has 1 spiro atoms. The Bertz CT molecular complexity index is 1790. The van der Waals surface area contributed by atoms with E-state index in [1.54, 1.807) is 14.1 Å². The number of halogens is 3. The zero-order valence-corrected chi connectivity index (χ0v) is 28.2. The van der Waals surface area contributed by atoms with Crippen LogP contribution in [0.1, 0.15) is 77.1 Å². The number of rotatable bonds is 5. The number of fused-ring (bicyclic) bond motifs is 5. The van der Waals surface area contributed by atoms with Crippen LogP contribution in [-0.2, 0) is 42.9 Å². The fourth-order valence-electron chi connectivity index (χ4n) is 8.67. The Kier molecular flexibility index (Phi) is 7.79. The normalized spacial score (nSPS) is 26.5. The van der Waals surface area contributed by atoms with E-state index < -0.39 is 17.6 Å². The number of nitrogen functional groups attached to an aromatic ring is 1. The van der Waals surface area contributed by atoms with Crippen LogP contribution in [0.25, 0.3) is 0 Å². The van der Waals surface area contributed by atoms with E-state index in [1.807, 2.05) is 10.7 Å². The first-order chi connectivity index (χ1) is 23.1. The molecule has 1 amide bonds. The van der Waals surface area contributed by atoms with Crippen LogP contribution >= 0.6 is 11.6 Å². The van der Waals surface area contributed by atoms with Gasteiger partial charge in [-0.2, -0.15) is 15.1 Å². The number of carbonyl (C=O) groups excluding carboxylic acids is 1. The Morgan fingerprint density at radius 1 is 1.17 bits per heavy atom. The maximum absolute atomic E-state index is 15.9. The number of amides is 1. The first kappa shape index (κ1) is 31.7. The topological polar surface area (TPSA) is 115 Å². The highest BCUT2D eigenvalue weighted by Crippen LogP contribution is 2.49. The predicted molar refractivity (Wildman–Crippen MR) is 175 cm³/mol. The molecule has 1 unspecified atom stereocenters. The summed E-state index contributed by atoms with van der Waals surface area (Å²) in [5.74, 6) is 0.0340. The molecule has 2 aromatic heterocycles. The second kappa shape index (κ2) is 11.8. The molecule has 2 fully saturated rings. The number of alkyl halides is 1. The van der Waals surface area contributed by atoms with Crippen LogP contribution in [0.4, 0.5) is 20.3 Å². The lowest BCUT2D eigenvalue weighted by Crippen LogP contribution is -2.44. The van der Waals surface area contributed by atoms with Crippen molar-refractivity contribution in [1.29, 1.82) is 0 Å². The number of ether oxygens (including phenoxy) is 2. The highest BCUT2D eigenvalue weighted by atomic mass is 35.5. The van der Waals surface area contributed by atoms with Crippen LogP contribution in [0, 0.1) is 5.82 Å². The van der Waals surface area contributed by atoms with Gasteiger partial charge in [0.2, 0.25) is 0 Å². The molecule has 5 aliphatic rings. The zero-order chi connectivity index (χ0) is 33.4. The first-order valence-corrected chi connectivity index (χ1v) is 17.3. The van der Waals surface area contributed by atoms with Crippen LogP contribution in [0.15, 0.2) is 12.1 Å². The standard InChI is InChI=1S/C34H41ClF2N8O3/c1-42(2)31(46)26-12-21-17-43(9-5-11-45(21)41-26)30-23-18-48-34(8-3-6-22-24(35)13-25(38)29(37)28(22)34)15-27(23)39-32(40-30)47-19-33-7-4-10-44(33)16-20(36)14-33/h12-13,20H,3-11,14-19,38H2,1-2H3/t20-,33+,34?/m1/s1. The monoisotopic (exact) mass is 682 g/mol. The zero-order valence-electron chi connectivity index (χ0n) is 27.4. The minimum atomic E-state index is -0.987. The molecule has 1 aromatic carbocycles. The van der Waals surface area contributed by atoms with Gasteiger partial charge in [0, 0.05) is 62.7 Å². The van der Waals surface area contributed by atoms with E-state index in [1.165, 1.54) is 11.0 Å². The average molecular weight is 683 g/mol. The summed E-state index contributed by atoms with van der Waals surface area (Å²) in [4.78, 5) is 28.6. The number of hydrogen-bond donors (Lipinski definition) is 1. The number of nitrogens with two attached hydrogens (primary N) is 1. The van der Waals surface area contributed by atoms with Crippen LogP contribution in [0.5, 0.6) is 6.01 Å². The molecule has 6 heterocycles. The number of benzene rings is 1. The quantitative estimate of drug-likeness (QED) is 0.391. The van der Waals surface area contributed by atoms with Crippen molar-refractivity contribution in [2.45, 2.75) is 88.4 Å². The average Bonchev–Trinajstić information content (AvgIpc) is 3.68. The molecule has 1 aliphatic carbocycles. The molecule has 2 saturated heterocycles. The first-order valence-electron chi connectivity index (χ1n) is 16.9. The molecule has 3 atom stereocenters. The molecule has 3 aromatic rings. The number of aryl methyl sites for hydroxylation is 1. The summed E-state index contributed by atoms with van der Waals surface area (Å²) >= 11 is 6.61. The molecule has 11 nitrogen and oxygen atoms in total. The van der Waals surface area contributed by atoms with Gasteiger partial charge in [-0.05, 0) is 62.8 Å². The van der Waals surface area contributed by atoms with Gasteiger partial charge < -0.3 is 25.0 Å². The third kappa shape index (κ3) is 5.20. The lowest BCUT2D eigenvalue weighted by atomic mass is 9.74. The van der Waals surface area contributed by atoms with Gasteiger partial charge in [-0.25, -0.2) is 8.78 Å². The van der Waals surface area contributed by atoms with Gasteiger partial charge >= 0.3 is 6.01 Å².